The number of nitrogens with zero attached hydrogens (tertiary/aromatic N) is 2. The molecule has 2 aromatic rings. The molecule has 0 bridgehead atoms. The molecule has 3 rings (SSSR count). The third-order valence-corrected chi connectivity index (χ3v) is 4.57. The van der Waals surface area contributed by atoms with E-state index < -0.39 is 0 Å². The summed E-state index contributed by atoms with van der Waals surface area (Å²) in [6.45, 7) is 6.02. The van der Waals surface area contributed by atoms with Gasteiger partial charge in [0.1, 0.15) is 11.3 Å². The van der Waals surface area contributed by atoms with Gasteiger partial charge in [0.2, 0.25) is 5.88 Å². The molecule has 0 saturated carbocycles. The molecule has 0 radical (unpaired) electrons. The van der Waals surface area contributed by atoms with Crippen molar-refractivity contribution < 1.29 is 14.3 Å². The van der Waals surface area contributed by atoms with Gasteiger partial charge in [0.15, 0.2) is 0 Å². The van der Waals surface area contributed by atoms with E-state index in [0.717, 1.165) is 18.6 Å². The van der Waals surface area contributed by atoms with Crippen LogP contribution in [0.1, 0.15) is 35.3 Å². The molecule has 0 spiro atoms. The van der Waals surface area contributed by atoms with Gasteiger partial charge in [-0.2, -0.15) is 0 Å². The van der Waals surface area contributed by atoms with Crippen LogP contribution < -0.4 is 9.47 Å². The Morgan fingerprint density at radius 1 is 1.19 bits per heavy atom. The maximum absolute atomic E-state index is 13.1. The maximum Gasteiger partial charge on any atom is 0.259 e. The van der Waals surface area contributed by atoms with Crippen molar-refractivity contribution in [1.82, 2.24) is 9.88 Å². The van der Waals surface area contributed by atoms with Crippen molar-refractivity contribution in [3.63, 3.8) is 0 Å². The summed E-state index contributed by atoms with van der Waals surface area (Å²) >= 11 is 0. The lowest BCUT2D eigenvalue weighted by atomic mass is 10.0. The molecular weight excluding hydrogens is 328 g/mol. The van der Waals surface area contributed by atoms with Crippen molar-refractivity contribution in [1.29, 1.82) is 0 Å². The summed E-state index contributed by atoms with van der Waals surface area (Å²) < 4.78 is 11.3. The van der Waals surface area contributed by atoms with Crippen LogP contribution in [0.5, 0.6) is 11.6 Å². The number of pyridine rings is 1. The minimum atomic E-state index is -0.0244. The van der Waals surface area contributed by atoms with Gasteiger partial charge in [0.05, 0.1) is 13.7 Å². The van der Waals surface area contributed by atoms with Crippen molar-refractivity contribution in [3.8, 4) is 11.6 Å². The summed E-state index contributed by atoms with van der Waals surface area (Å²) in [5.74, 6) is 1.67. The fraction of sp³-hybridized carbons (Fsp3) is 0.429. The first kappa shape index (κ1) is 18.2. The van der Waals surface area contributed by atoms with E-state index in [1.165, 1.54) is 11.1 Å². The van der Waals surface area contributed by atoms with Gasteiger partial charge in [0, 0.05) is 19.3 Å². The molecule has 1 aromatic heterocycles. The van der Waals surface area contributed by atoms with E-state index in [1.807, 2.05) is 17.0 Å². The van der Waals surface area contributed by atoms with Crippen LogP contribution in [-0.2, 0) is 12.8 Å². The molecule has 5 heteroatoms. The van der Waals surface area contributed by atoms with Crippen LogP contribution in [0.15, 0.2) is 36.5 Å². The first-order chi connectivity index (χ1) is 12.6. The number of aromatic nitrogens is 1. The van der Waals surface area contributed by atoms with Crippen LogP contribution in [0.3, 0.4) is 0 Å². The normalized spacial score (nSPS) is 13.9. The number of ether oxygens (including phenoxy) is 2. The molecule has 0 aliphatic carbocycles. The van der Waals surface area contributed by atoms with Crippen LogP contribution in [0.2, 0.25) is 0 Å². The van der Waals surface area contributed by atoms with Crippen molar-refractivity contribution in [2.75, 3.05) is 26.8 Å². The van der Waals surface area contributed by atoms with E-state index in [9.17, 15) is 4.79 Å². The Morgan fingerprint density at radius 2 is 2.00 bits per heavy atom. The standard InChI is InChI=1S/C21H26N2O3/c1-15(2)14-26-20-18(7-5-11-22-20)21(24)23-12-9-16-6-4-8-19(25-3)17(16)10-13-23/h4-8,11,15H,9-10,12-14H2,1-3H3. The maximum atomic E-state index is 13.1. The molecule has 2 heterocycles. The average Bonchev–Trinajstić information content (AvgIpc) is 2.88. The summed E-state index contributed by atoms with van der Waals surface area (Å²) in [6, 6.07) is 9.69. The van der Waals surface area contributed by atoms with Crippen LogP contribution in [0.4, 0.5) is 0 Å². The largest absolute Gasteiger partial charge is 0.496 e. The first-order valence-electron chi connectivity index (χ1n) is 9.12. The van der Waals surface area contributed by atoms with Crippen molar-refractivity contribution in [2.24, 2.45) is 5.92 Å². The van der Waals surface area contributed by atoms with E-state index in [2.05, 4.69) is 24.9 Å². The van der Waals surface area contributed by atoms with Crippen LogP contribution in [0.25, 0.3) is 0 Å². The molecule has 0 N–H and O–H groups in total. The van der Waals surface area contributed by atoms with Gasteiger partial charge in [-0.05, 0) is 48.1 Å². The molecule has 5 nitrogen and oxygen atoms in total. The van der Waals surface area contributed by atoms with E-state index in [0.29, 0.717) is 37.1 Å². The number of carbonyl (C=O) groups is 1. The molecular formula is C21H26N2O3. The summed E-state index contributed by atoms with van der Waals surface area (Å²) in [5, 5.41) is 0. The second kappa shape index (κ2) is 8.21. The number of amides is 1. The number of fused-ring (bicyclic) bond motifs is 1. The predicted molar refractivity (Wildman–Crippen MR) is 101 cm³/mol. The SMILES string of the molecule is COc1cccc2c1CCN(C(=O)c1cccnc1OCC(C)C)CC2. The number of carbonyl (C=O) groups excluding carboxylic acids is 1. The van der Waals surface area contributed by atoms with Gasteiger partial charge < -0.3 is 14.4 Å². The number of rotatable bonds is 5. The Balaban J connectivity index is 1.78. The van der Waals surface area contributed by atoms with Gasteiger partial charge in [-0.1, -0.05) is 26.0 Å². The minimum absolute atomic E-state index is 0.0244. The zero-order chi connectivity index (χ0) is 18.5. The molecule has 0 saturated heterocycles. The van der Waals surface area contributed by atoms with Crippen LogP contribution in [0, 0.1) is 5.92 Å². The van der Waals surface area contributed by atoms with Gasteiger partial charge in [-0.25, -0.2) is 4.98 Å². The Morgan fingerprint density at radius 3 is 2.77 bits per heavy atom. The van der Waals surface area contributed by atoms with E-state index in [1.54, 1.807) is 25.4 Å². The number of methoxy groups -OCH3 is 1. The molecule has 0 atom stereocenters. The zero-order valence-corrected chi connectivity index (χ0v) is 15.7. The predicted octanol–water partition coefficient (Wildman–Crippen LogP) is 3.37. The molecule has 1 aliphatic rings. The Kier molecular flexibility index (Phi) is 5.76. The Labute approximate surface area is 155 Å². The van der Waals surface area contributed by atoms with Crippen LogP contribution >= 0.6 is 0 Å². The highest BCUT2D eigenvalue weighted by Crippen LogP contribution is 2.27. The summed E-state index contributed by atoms with van der Waals surface area (Å²) in [6.07, 6.45) is 3.27. The van der Waals surface area contributed by atoms with Gasteiger partial charge >= 0.3 is 0 Å². The van der Waals surface area contributed by atoms with Crippen LogP contribution in [-0.4, -0.2) is 42.6 Å². The highest BCUT2D eigenvalue weighted by Gasteiger charge is 2.24. The smallest absolute Gasteiger partial charge is 0.259 e. The van der Waals surface area contributed by atoms with Gasteiger partial charge in [-0.15, -0.1) is 0 Å². The van der Waals surface area contributed by atoms with Gasteiger partial charge in [0.25, 0.3) is 5.91 Å². The van der Waals surface area contributed by atoms with Crippen molar-refractivity contribution >= 4 is 5.91 Å². The molecule has 26 heavy (non-hydrogen) atoms. The number of benzene rings is 1. The Bertz CT molecular complexity index is 774. The second-order valence-electron chi connectivity index (χ2n) is 6.95. The van der Waals surface area contributed by atoms with Crippen molar-refractivity contribution in [3.05, 3.63) is 53.2 Å². The second-order valence-corrected chi connectivity index (χ2v) is 6.95. The highest BCUT2D eigenvalue weighted by molar-refractivity contribution is 5.96. The molecule has 1 amide bonds. The summed E-state index contributed by atoms with van der Waals surface area (Å²) in [4.78, 5) is 19.3. The lowest BCUT2D eigenvalue weighted by molar-refractivity contribution is 0.0756. The van der Waals surface area contributed by atoms with E-state index >= 15 is 0 Å². The number of hydrogen-bond acceptors (Lipinski definition) is 4. The fourth-order valence-electron chi connectivity index (χ4n) is 3.22. The monoisotopic (exact) mass is 354 g/mol. The molecule has 0 fully saturated rings. The molecule has 1 aliphatic heterocycles. The molecule has 138 valence electrons. The quantitative estimate of drug-likeness (QED) is 0.826. The number of hydrogen-bond donors (Lipinski definition) is 0. The third-order valence-electron chi connectivity index (χ3n) is 4.57. The van der Waals surface area contributed by atoms with E-state index in [4.69, 9.17) is 9.47 Å². The third kappa shape index (κ3) is 3.98. The lowest BCUT2D eigenvalue weighted by Crippen LogP contribution is -2.33. The summed E-state index contributed by atoms with van der Waals surface area (Å²) in [5.41, 5.74) is 2.99. The molecule has 1 aromatic carbocycles. The minimum Gasteiger partial charge on any atom is -0.496 e. The Hall–Kier alpha value is -2.56. The topological polar surface area (TPSA) is 51.7 Å². The zero-order valence-electron chi connectivity index (χ0n) is 15.7. The summed E-state index contributed by atoms with van der Waals surface area (Å²) in [7, 11) is 1.69. The average molecular weight is 354 g/mol. The lowest BCUT2D eigenvalue weighted by Gasteiger charge is -2.21. The van der Waals surface area contributed by atoms with E-state index in [-0.39, 0.29) is 5.91 Å². The highest BCUT2D eigenvalue weighted by atomic mass is 16.5. The first-order valence-corrected chi connectivity index (χ1v) is 9.12. The van der Waals surface area contributed by atoms with Gasteiger partial charge in [-0.3, -0.25) is 4.79 Å². The molecule has 0 unspecified atom stereocenters. The fourth-order valence-corrected chi connectivity index (χ4v) is 3.22. The van der Waals surface area contributed by atoms with Crippen molar-refractivity contribution in [2.45, 2.75) is 26.7 Å².